The van der Waals surface area contributed by atoms with E-state index in [4.69, 9.17) is 4.74 Å². The van der Waals surface area contributed by atoms with E-state index in [0.717, 1.165) is 9.75 Å². The first-order chi connectivity index (χ1) is 9.81. The molecular formula is C13H20N2O4S2. The lowest BCUT2D eigenvalue weighted by molar-refractivity contribution is -0.136. The number of carbonyl (C=O) groups is 1. The fourth-order valence-corrected chi connectivity index (χ4v) is 5.03. The van der Waals surface area contributed by atoms with Crippen LogP contribution in [0.1, 0.15) is 16.7 Å². The maximum atomic E-state index is 12.4. The van der Waals surface area contributed by atoms with Crippen LogP contribution in [0.25, 0.3) is 0 Å². The molecule has 6 nitrogen and oxygen atoms in total. The summed E-state index contributed by atoms with van der Waals surface area (Å²) >= 11 is 1.43. The molecule has 118 valence electrons. The molecule has 0 bridgehead atoms. The van der Waals surface area contributed by atoms with Crippen molar-refractivity contribution in [3.05, 3.63) is 15.8 Å². The van der Waals surface area contributed by atoms with Gasteiger partial charge in [-0.25, -0.2) is 8.42 Å². The van der Waals surface area contributed by atoms with E-state index in [2.05, 4.69) is 4.72 Å². The largest absolute Gasteiger partial charge is 0.378 e. The van der Waals surface area contributed by atoms with E-state index < -0.39 is 16.1 Å². The van der Waals surface area contributed by atoms with Crippen LogP contribution in [0.4, 0.5) is 0 Å². The monoisotopic (exact) mass is 332 g/mol. The van der Waals surface area contributed by atoms with E-state index in [1.165, 1.54) is 11.3 Å². The van der Waals surface area contributed by atoms with Gasteiger partial charge in [0.05, 0.1) is 24.2 Å². The van der Waals surface area contributed by atoms with Crippen LogP contribution in [0.3, 0.4) is 0 Å². The highest BCUT2D eigenvalue weighted by atomic mass is 32.2. The second-order valence-corrected chi connectivity index (χ2v) is 8.20. The summed E-state index contributed by atoms with van der Waals surface area (Å²) in [6.07, 6.45) is 0. The van der Waals surface area contributed by atoms with Crippen molar-refractivity contribution in [2.45, 2.75) is 31.7 Å². The van der Waals surface area contributed by atoms with Crippen LogP contribution >= 0.6 is 11.3 Å². The standard InChI is InChI=1S/C13H20N2O4S2/c1-9-8-12(11(3)20-9)21(17,18)14-10(2)13(16)15-4-6-19-7-5-15/h8,10,14H,4-7H2,1-3H3. The smallest absolute Gasteiger partial charge is 0.242 e. The van der Waals surface area contributed by atoms with Crippen molar-refractivity contribution in [2.75, 3.05) is 26.3 Å². The molecule has 1 fully saturated rings. The van der Waals surface area contributed by atoms with Crippen molar-refractivity contribution in [1.29, 1.82) is 0 Å². The summed E-state index contributed by atoms with van der Waals surface area (Å²) in [6.45, 7) is 7.19. The fourth-order valence-electron chi connectivity index (χ4n) is 2.28. The Morgan fingerprint density at radius 2 is 2.00 bits per heavy atom. The minimum Gasteiger partial charge on any atom is -0.378 e. The summed E-state index contributed by atoms with van der Waals surface area (Å²) in [6, 6.07) is 0.849. The number of rotatable bonds is 4. The number of ether oxygens (including phenoxy) is 1. The maximum absolute atomic E-state index is 12.4. The third-order valence-electron chi connectivity index (χ3n) is 3.31. The van der Waals surface area contributed by atoms with Gasteiger partial charge in [-0.15, -0.1) is 11.3 Å². The normalized spacial score (nSPS) is 17.8. The Balaban J connectivity index is 2.09. The number of thiophene rings is 1. The lowest BCUT2D eigenvalue weighted by Crippen LogP contribution is -2.50. The van der Waals surface area contributed by atoms with Crippen LogP contribution in [0, 0.1) is 13.8 Å². The van der Waals surface area contributed by atoms with Crippen molar-refractivity contribution in [2.24, 2.45) is 0 Å². The van der Waals surface area contributed by atoms with Gasteiger partial charge in [0, 0.05) is 22.8 Å². The number of hydrogen-bond acceptors (Lipinski definition) is 5. The van der Waals surface area contributed by atoms with Crippen LogP contribution in [0.2, 0.25) is 0 Å². The SMILES string of the molecule is Cc1cc(S(=O)(=O)NC(C)C(=O)N2CCOCC2)c(C)s1. The van der Waals surface area contributed by atoms with Crippen LogP contribution in [0.5, 0.6) is 0 Å². The van der Waals surface area contributed by atoms with Crippen LogP contribution in [-0.4, -0.2) is 51.6 Å². The highest BCUT2D eigenvalue weighted by Gasteiger charge is 2.28. The molecule has 0 aromatic carbocycles. The molecule has 2 rings (SSSR count). The summed E-state index contributed by atoms with van der Waals surface area (Å²) in [5.41, 5.74) is 0. The molecule has 8 heteroatoms. The molecule has 1 aromatic heterocycles. The molecule has 0 aliphatic carbocycles. The fraction of sp³-hybridized carbons (Fsp3) is 0.615. The third-order valence-corrected chi connectivity index (χ3v) is 6.07. The molecule has 1 amide bonds. The Morgan fingerprint density at radius 3 is 2.52 bits per heavy atom. The average Bonchev–Trinajstić information content (AvgIpc) is 2.78. The van der Waals surface area contributed by atoms with E-state index in [-0.39, 0.29) is 10.8 Å². The minimum absolute atomic E-state index is 0.216. The van der Waals surface area contributed by atoms with E-state index in [0.29, 0.717) is 26.3 Å². The zero-order valence-electron chi connectivity index (χ0n) is 12.4. The predicted octanol–water partition coefficient (Wildman–Crippen LogP) is 0.891. The van der Waals surface area contributed by atoms with Gasteiger partial charge < -0.3 is 9.64 Å². The molecule has 1 N–H and O–H groups in total. The van der Waals surface area contributed by atoms with E-state index in [9.17, 15) is 13.2 Å². The first-order valence-electron chi connectivity index (χ1n) is 6.77. The Hall–Kier alpha value is -0.960. The Kier molecular flexibility index (Phi) is 5.03. The summed E-state index contributed by atoms with van der Waals surface area (Å²) in [5, 5.41) is 0. The first-order valence-corrected chi connectivity index (χ1v) is 9.07. The Labute approximate surface area is 129 Å². The van der Waals surface area contributed by atoms with E-state index >= 15 is 0 Å². The van der Waals surface area contributed by atoms with Gasteiger partial charge in [-0.1, -0.05) is 0 Å². The van der Waals surface area contributed by atoms with Crippen molar-refractivity contribution in [3.8, 4) is 0 Å². The Bertz CT molecular complexity index is 618. The molecule has 1 aliphatic rings. The van der Waals surface area contributed by atoms with Gasteiger partial charge in [-0.2, -0.15) is 4.72 Å². The molecule has 2 heterocycles. The zero-order valence-corrected chi connectivity index (χ0v) is 14.0. The van der Waals surface area contributed by atoms with E-state index in [1.807, 2.05) is 6.92 Å². The Morgan fingerprint density at radius 1 is 1.38 bits per heavy atom. The number of amides is 1. The van der Waals surface area contributed by atoms with Crippen LogP contribution in [0.15, 0.2) is 11.0 Å². The molecule has 1 atom stereocenters. The highest BCUT2D eigenvalue weighted by Crippen LogP contribution is 2.25. The second-order valence-electron chi connectivity index (χ2n) is 5.06. The predicted molar refractivity (Wildman–Crippen MR) is 81.0 cm³/mol. The highest BCUT2D eigenvalue weighted by molar-refractivity contribution is 7.89. The minimum atomic E-state index is -3.67. The van der Waals surface area contributed by atoms with Crippen molar-refractivity contribution < 1.29 is 17.9 Å². The quantitative estimate of drug-likeness (QED) is 0.888. The van der Waals surface area contributed by atoms with Crippen LogP contribution in [-0.2, 0) is 19.6 Å². The lowest BCUT2D eigenvalue weighted by Gasteiger charge is -2.29. The number of nitrogens with one attached hydrogen (secondary N) is 1. The number of aryl methyl sites for hydroxylation is 2. The lowest BCUT2D eigenvalue weighted by atomic mass is 10.3. The number of nitrogens with zero attached hydrogens (tertiary/aromatic N) is 1. The topological polar surface area (TPSA) is 75.7 Å². The van der Waals surface area contributed by atoms with Gasteiger partial charge in [-0.05, 0) is 26.8 Å². The molecule has 1 aromatic rings. The summed E-state index contributed by atoms with van der Waals surface area (Å²) in [4.78, 5) is 15.8. The van der Waals surface area contributed by atoms with Crippen molar-refractivity contribution in [1.82, 2.24) is 9.62 Å². The van der Waals surface area contributed by atoms with Gasteiger partial charge in [-0.3, -0.25) is 4.79 Å². The van der Waals surface area contributed by atoms with Gasteiger partial charge in [0.1, 0.15) is 0 Å². The van der Waals surface area contributed by atoms with Gasteiger partial charge in [0.25, 0.3) is 0 Å². The summed E-state index contributed by atoms with van der Waals surface area (Å²) in [5.74, 6) is -0.216. The first kappa shape index (κ1) is 16.4. The maximum Gasteiger partial charge on any atom is 0.242 e. The molecule has 0 spiro atoms. The number of sulfonamides is 1. The average molecular weight is 332 g/mol. The number of hydrogen-bond donors (Lipinski definition) is 1. The van der Waals surface area contributed by atoms with Crippen LogP contribution < -0.4 is 4.72 Å². The zero-order chi connectivity index (χ0) is 15.6. The molecule has 0 radical (unpaired) electrons. The molecule has 1 saturated heterocycles. The van der Waals surface area contributed by atoms with Gasteiger partial charge in [0.15, 0.2) is 0 Å². The van der Waals surface area contributed by atoms with Crippen molar-refractivity contribution >= 4 is 27.3 Å². The molecule has 0 saturated carbocycles. The summed E-state index contributed by atoms with van der Waals surface area (Å²) in [7, 11) is -3.67. The molecular weight excluding hydrogens is 312 g/mol. The van der Waals surface area contributed by atoms with E-state index in [1.54, 1.807) is 24.8 Å². The van der Waals surface area contributed by atoms with Crippen molar-refractivity contribution in [3.63, 3.8) is 0 Å². The second kappa shape index (κ2) is 6.43. The van der Waals surface area contributed by atoms with Gasteiger partial charge in [0.2, 0.25) is 15.9 Å². The molecule has 1 aliphatic heterocycles. The summed E-state index contributed by atoms with van der Waals surface area (Å²) < 4.78 is 32.4. The van der Waals surface area contributed by atoms with Gasteiger partial charge >= 0.3 is 0 Å². The third kappa shape index (κ3) is 3.82. The number of morpholine rings is 1. The number of carbonyl (C=O) groups excluding carboxylic acids is 1. The molecule has 1 unspecified atom stereocenters. The molecule has 21 heavy (non-hydrogen) atoms.